The molecule has 1 saturated heterocycles. The maximum absolute atomic E-state index is 11.6. The minimum atomic E-state index is 0.118. The van der Waals surface area contributed by atoms with Gasteiger partial charge in [-0.3, -0.25) is 9.69 Å². The molecular formula is C13H15NOS2. The molecule has 1 fully saturated rings. The fourth-order valence-corrected chi connectivity index (χ4v) is 2.79. The normalized spacial score (nSPS) is 16.1. The highest BCUT2D eigenvalue weighted by Gasteiger charge is 2.26. The molecule has 0 aliphatic carbocycles. The highest BCUT2D eigenvalue weighted by atomic mass is 32.2. The molecule has 1 amide bonds. The van der Waals surface area contributed by atoms with Crippen LogP contribution in [0.4, 0.5) is 0 Å². The molecule has 2 nitrogen and oxygen atoms in total. The van der Waals surface area contributed by atoms with Gasteiger partial charge in [0.15, 0.2) is 0 Å². The van der Waals surface area contributed by atoms with Crippen LogP contribution in [0.25, 0.3) is 0 Å². The van der Waals surface area contributed by atoms with Crippen LogP contribution in [0.1, 0.15) is 30.9 Å². The number of hydrogen-bond donors (Lipinski definition) is 0. The molecule has 0 spiro atoms. The van der Waals surface area contributed by atoms with Crippen molar-refractivity contribution in [2.75, 3.05) is 5.75 Å². The molecule has 4 heteroatoms. The van der Waals surface area contributed by atoms with Gasteiger partial charge in [-0.25, -0.2) is 0 Å². The van der Waals surface area contributed by atoms with Gasteiger partial charge >= 0.3 is 0 Å². The standard InChI is InChI=1S/C13H15NOS2/c1-9(2)11-5-3-10(4-6-11)7-14-12(15)8-17-13(14)16/h3-6,9H,7-8H2,1-2H3. The smallest absolute Gasteiger partial charge is 0.238 e. The van der Waals surface area contributed by atoms with Crippen LogP contribution >= 0.6 is 24.0 Å². The molecule has 1 aliphatic heterocycles. The quantitative estimate of drug-likeness (QED) is 0.783. The molecule has 1 aliphatic rings. The monoisotopic (exact) mass is 265 g/mol. The van der Waals surface area contributed by atoms with E-state index in [1.165, 1.54) is 17.3 Å². The molecule has 90 valence electrons. The maximum atomic E-state index is 11.6. The average molecular weight is 265 g/mol. The van der Waals surface area contributed by atoms with Crippen LogP contribution in [0, 0.1) is 0 Å². The Hall–Kier alpha value is -0.870. The third-order valence-electron chi connectivity index (χ3n) is 2.83. The van der Waals surface area contributed by atoms with E-state index in [9.17, 15) is 4.79 Å². The lowest BCUT2D eigenvalue weighted by atomic mass is 10.0. The second-order valence-electron chi connectivity index (χ2n) is 4.43. The van der Waals surface area contributed by atoms with Crippen molar-refractivity contribution in [1.82, 2.24) is 4.90 Å². The summed E-state index contributed by atoms with van der Waals surface area (Å²) >= 11 is 6.60. The van der Waals surface area contributed by atoms with E-state index in [-0.39, 0.29) is 5.91 Å². The number of amides is 1. The minimum Gasteiger partial charge on any atom is -0.293 e. The minimum absolute atomic E-state index is 0.118. The number of hydrogen-bond acceptors (Lipinski definition) is 3. The Morgan fingerprint density at radius 1 is 1.35 bits per heavy atom. The van der Waals surface area contributed by atoms with Gasteiger partial charge in [0.1, 0.15) is 4.32 Å². The largest absolute Gasteiger partial charge is 0.293 e. The molecule has 0 bridgehead atoms. The van der Waals surface area contributed by atoms with Crippen molar-refractivity contribution in [3.8, 4) is 0 Å². The van der Waals surface area contributed by atoms with E-state index < -0.39 is 0 Å². The van der Waals surface area contributed by atoms with Gasteiger partial charge in [0.05, 0.1) is 12.3 Å². The first-order valence-electron chi connectivity index (χ1n) is 5.64. The van der Waals surface area contributed by atoms with E-state index in [1.54, 1.807) is 4.90 Å². The van der Waals surface area contributed by atoms with E-state index in [0.717, 1.165) is 5.56 Å². The summed E-state index contributed by atoms with van der Waals surface area (Å²) in [7, 11) is 0. The Bertz CT molecular complexity index is 423. The van der Waals surface area contributed by atoms with Crippen molar-refractivity contribution in [3.05, 3.63) is 35.4 Å². The molecule has 0 unspecified atom stereocenters. The lowest BCUT2D eigenvalue weighted by Crippen LogP contribution is -2.27. The molecular weight excluding hydrogens is 250 g/mol. The first-order chi connectivity index (χ1) is 8.08. The number of thiocarbonyl (C=S) groups is 1. The van der Waals surface area contributed by atoms with Crippen molar-refractivity contribution in [2.24, 2.45) is 0 Å². The Morgan fingerprint density at radius 2 is 2.00 bits per heavy atom. The maximum Gasteiger partial charge on any atom is 0.238 e. The van der Waals surface area contributed by atoms with Crippen molar-refractivity contribution in [3.63, 3.8) is 0 Å². The number of carbonyl (C=O) groups is 1. The van der Waals surface area contributed by atoms with Crippen molar-refractivity contribution >= 4 is 34.2 Å². The zero-order chi connectivity index (χ0) is 12.4. The van der Waals surface area contributed by atoms with Gasteiger partial charge < -0.3 is 0 Å². The third kappa shape index (κ3) is 2.87. The molecule has 0 aromatic heterocycles. The summed E-state index contributed by atoms with van der Waals surface area (Å²) in [5, 5.41) is 0. The molecule has 1 aromatic carbocycles. The summed E-state index contributed by atoms with van der Waals surface area (Å²) in [6.45, 7) is 4.94. The summed E-state index contributed by atoms with van der Waals surface area (Å²) in [5.74, 6) is 1.14. The summed E-state index contributed by atoms with van der Waals surface area (Å²) in [4.78, 5) is 13.3. The summed E-state index contributed by atoms with van der Waals surface area (Å²) in [5.41, 5.74) is 2.45. The first kappa shape index (κ1) is 12.6. The second-order valence-corrected chi connectivity index (χ2v) is 6.04. The van der Waals surface area contributed by atoms with Crippen molar-refractivity contribution in [1.29, 1.82) is 0 Å². The van der Waals surface area contributed by atoms with Crippen LogP contribution in [0.15, 0.2) is 24.3 Å². The number of thioether (sulfide) groups is 1. The highest BCUT2D eigenvalue weighted by Crippen LogP contribution is 2.22. The molecule has 0 atom stereocenters. The van der Waals surface area contributed by atoms with Gasteiger partial charge in [0.25, 0.3) is 0 Å². The van der Waals surface area contributed by atoms with Gasteiger partial charge in [-0.15, -0.1) is 0 Å². The third-order valence-corrected chi connectivity index (χ3v) is 4.26. The zero-order valence-corrected chi connectivity index (χ0v) is 11.6. The Labute approximate surface area is 111 Å². The van der Waals surface area contributed by atoms with Crippen LogP contribution in [0.5, 0.6) is 0 Å². The summed E-state index contributed by atoms with van der Waals surface area (Å²) < 4.78 is 0.697. The zero-order valence-electron chi connectivity index (χ0n) is 9.97. The molecule has 1 heterocycles. The average Bonchev–Trinajstić information content (AvgIpc) is 2.61. The van der Waals surface area contributed by atoms with E-state index in [0.29, 0.717) is 22.5 Å². The van der Waals surface area contributed by atoms with Gasteiger partial charge in [-0.05, 0) is 17.0 Å². The van der Waals surface area contributed by atoms with Crippen LogP contribution in [0.2, 0.25) is 0 Å². The lowest BCUT2D eigenvalue weighted by molar-refractivity contribution is -0.124. The van der Waals surface area contributed by atoms with Crippen LogP contribution in [-0.2, 0) is 11.3 Å². The van der Waals surface area contributed by atoms with Gasteiger partial charge in [0.2, 0.25) is 5.91 Å². The highest BCUT2D eigenvalue weighted by molar-refractivity contribution is 8.23. The SMILES string of the molecule is CC(C)c1ccc(CN2C(=O)CSC2=S)cc1. The molecule has 0 radical (unpaired) electrons. The van der Waals surface area contributed by atoms with E-state index in [2.05, 4.69) is 38.1 Å². The number of carbonyl (C=O) groups excluding carboxylic acids is 1. The van der Waals surface area contributed by atoms with Crippen LogP contribution < -0.4 is 0 Å². The van der Waals surface area contributed by atoms with E-state index in [4.69, 9.17) is 12.2 Å². The molecule has 0 N–H and O–H groups in total. The van der Waals surface area contributed by atoms with Crippen LogP contribution in [-0.4, -0.2) is 20.9 Å². The predicted octanol–water partition coefficient (Wildman–Crippen LogP) is 3.17. The predicted molar refractivity (Wildman–Crippen MR) is 76.1 cm³/mol. The van der Waals surface area contributed by atoms with Crippen molar-refractivity contribution < 1.29 is 4.79 Å². The van der Waals surface area contributed by atoms with E-state index in [1.807, 2.05) is 0 Å². The fraction of sp³-hybridized carbons (Fsp3) is 0.385. The summed E-state index contributed by atoms with van der Waals surface area (Å²) in [6, 6.07) is 8.40. The molecule has 17 heavy (non-hydrogen) atoms. The van der Waals surface area contributed by atoms with E-state index >= 15 is 0 Å². The Balaban J connectivity index is 2.08. The topological polar surface area (TPSA) is 20.3 Å². The Morgan fingerprint density at radius 3 is 2.47 bits per heavy atom. The fourth-order valence-electron chi connectivity index (χ4n) is 1.72. The number of benzene rings is 1. The molecule has 0 saturated carbocycles. The summed E-state index contributed by atoms with van der Waals surface area (Å²) in [6.07, 6.45) is 0. The molecule has 2 rings (SSSR count). The van der Waals surface area contributed by atoms with Crippen molar-refractivity contribution in [2.45, 2.75) is 26.3 Å². The Kier molecular flexibility index (Phi) is 3.84. The first-order valence-corrected chi connectivity index (χ1v) is 7.03. The van der Waals surface area contributed by atoms with Gasteiger partial charge in [-0.1, -0.05) is 62.1 Å². The van der Waals surface area contributed by atoms with Gasteiger partial charge in [0, 0.05) is 0 Å². The second kappa shape index (κ2) is 5.19. The molecule has 1 aromatic rings. The number of rotatable bonds is 3. The lowest BCUT2D eigenvalue weighted by Gasteiger charge is -2.15. The van der Waals surface area contributed by atoms with Gasteiger partial charge in [-0.2, -0.15) is 0 Å². The van der Waals surface area contributed by atoms with Crippen LogP contribution in [0.3, 0.4) is 0 Å². The number of nitrogens with zero attached hydrogens (tertiary/aromatic N) is 1.